The van der Waals surface area contributed by atoms with Crippen LogP contribution in [0.3, 0.4) is 0 Å². The van der Waals surface area contributed by atoms with Crippen LogP contribution in [0, 0.1) is 0 Å². The quantitative estimate of drug-likeness (QED) is 0.499. The molecule has 0 bridgehead atoms. The van der Waals surface area contributed by atoms with Gasteiger partial charge in [0, 0.05) is 34.4 Å². The van der Waals surface area contributed by atoms with Crippen molar-refractivity contribution in [1.82, 2.24) is 14.8 Å². The van der Waals surface area contributed by atoms with Gasteiger partial charge in [-0.15, -0.1) is 0 Å². The van der Waals surface area contributed by atoms with Gasteiger partial charge in [-0.25, -0.2) is 4.79 Å². The van der Waals surface area contributed by atoms with Crippen molar-refractivity contribution >= 4 is 34.2 Å². The van der Waals surface area contributed by atoms with Crippen LogP contribution in [0.2, 0.25) is 5.02 Å². The lowest BCUT2D eigenvalue weighted by molar-refractivity contribution is 0.174. The molecule has 1 aliphatic rings. The lowest BCUT2D eigenvalue weighted by Crippen LogP contribution is -2.45. The fraction of sp³-hybridized carbons (Fsp3) is 0.385. The molecule has 174 valence electrons. The molecular weight excluding hydrogens is 436 g/mol. The van der Waals surface area contributed by atoms with Crippen molar-refractivity contribution in [3.05, 3.63) is 75.0 Å². The van der Waals surface area contributed by atoms with Gasteiger partial charge in [0.25, 0.3) is 5.56 Å². The number of aromatic amines is 1. The summed E-state index contributed by atoms with van der Waals surface area (Å²) < 4.78 is 0. The van der Waals surface area contributed by atoms with Gasteiger partial charge in [0.15, 0.2) is 0 Å². The number of rotatable bonds is 7. The van der Waals surface area contributed by atoms with Crippen LogP contribution in [0.25, 0.3) is 10.9 Å². The summed E-state index contributed by atoms with van der Waals surface area (Å²) in [5, 5.41) is 4.50. The number of hydrogen-bond acceptors (Lipinski definition) is 3. The van der Waals surface area contributed by atoms with E-state index in [4.69, 9.17) is 11.6 Å². The zero-order valence-corrected chi connectivity index (χ0v) is 20.0. The summed E-state index contributed by atoms with van der Waals surface area (Å²) in [6.07, 6.45) is 3.09. The van der Waals surface area contributed by atoms with Crippen LogP contribution in [0.4, 0.5) is 10.5 Å². The molecule has 1 atom stereocenters. The highest BCUT2D eigenvalue weighted by atomic mass is 35.5. The number of nitrogens with zero attached hydrogens (tertiary/aromatic N) is 2. The maximum Gasteiger partial charge on any atom is 0.322 e. The van der Waals surface area contributed by atoms with Crippen LogP contribution in [-0.2, 0) is 13.0 Å². The second-order valence-corrected chi connectivity index (χ2v) is 9.08. The molecule has 0 aliphatic carbocycles. The SMILES string of the molecule is CCc1ccc2[nH]c(=O)c(CN(CC3CCCN3CC)C(=O)Nc3cccc(Cl)c3)cc2c1. The Morgan fingerprint density at radius 2 is 2.06 bits per heavy atom. The van der Waals surface area contributed by atoms with Gasteiger partial charge in [0.2, 0.25) is 0 Å². The number of aromatic nitrogens is 1. The zero-order chi connectivity index (χ0) is 23.4. The highest BCUT2D eigenvalue weighted by molar-refractivity contribution is 6.30. The normalized spacial score (nSPS) is 16.3. The summed E-state index contributed by atoms with van der Waals surface area (Å²) in [6, 6.07) is 15.1. The zero-order valence-electron chi connectivity index (χ0n) is 19.2. The number of anilines is 1. The predicted molar refractivity (Wildman–Crippen MR) is 135 cm³/mol. The number of aryl methyl sites for hydroxylation is 1. The number of benzene rings is 2. The molecule has 1 aliphatic heterocycles. The molecule has 2 aromatic carbocycles. The molecule has 2 N–H and O–H groups in total. The Morgan fingerprint density at radius 1 is 1.21 bits per heavy atom. The molecule has 4 rings (SSSR count). The minimum atomic E-state index is -0.234. The molecule has 1 unspecified atom stereocenters. The molecule has 6 nitrogen and oxygen atoms in total. The van der Waals surface area contributed by atoms with E-state index in [1.54, 1.807) is 23.1 Å². The molecule has 0 spiro atoms. The number of hydrogen-bond donors (Lipinski definition) is 2. The predicted octanol–water partition coefficient (Wildman–Crippen LogP) is 5.26. The van der Waals surface area contributed by atoms with E-state index in [1.165, 1.54) is 5.56 Å². The Morgan fingerprint density at radius 3 is 2.82 bits per heavy atom. The number of pyridine rings is 1. The smallest absolute Gasteiger partial charge is 0.322 e. The lowest BCUT2D eigenvalue weighted by Gasteiger charge is -2.30. The van der Waals surface area contributed by atoms with Crippen LogP contribution < -0.4 is 10.9 Å². The third-order valence-corrected chi connectivity index (χ3v) is 6.69. The number of amides is 2. The minimum absolute atomic E-state index is 0.161. The Balaban J connectivity index is 1.63. The molecular formula is C26H31ClN4O2. The molecule has 3 aromatic rings. The fourth-order valence-electron chi connectivity index (χ4n) is 4.60. The first-order valence-electron chi connectivity index (χ1n) is 11.7. The monoisotopic (exact) mass is 466 g/mol. The van der Waals surface area contributed by atoms with Crippen LogP contribution in [0.1, 0.15) is 37.8 Å². The first-order chi connectivity index (χ1) is 16.0. The number of urea groups is 1. The van der Waals surface area contributed by atoms with Gasteiger partial charge in [-0.2, -0.15) is 0 Å². The average molecular weight is 467 g/mol. The highest BCUT2D eigenvalue weighted by Crippen LogP contribution is 2.21. The second-order valence-electron chi connectivity index (χ2n) is 8.64. The Labute approximate surface area is 199 Å². The Kier molecular flexibility index (Phi) is 7.36. The van der Waals surface area contributed by atoms with Crippen LogP contribution >= 0.6 is 11.6 Å². The van der Waals surface area contributed by atoms with Crippen molar-refractivity contribution in [1.29, 1.82) is 0 Å². The van der Waals surface area contributed by atoms with Crippen LogP contribution in [0.5, 0.6) is 0 Å². The van der Waals surface area contributed by atoms with Crippen molar-refractivity contribution in [3.63, 3.8) is 0 Å². The molecule has 33 heavy (non-hydrogen) atoms. The van der Waals surface area contributed by atoms with E-state index in [0.717, 1.165) is 43.3 Å². The van der Waals surface area contributed by atoms with E-state index in [0.29, 0.717) is 22.8 Å². The van der Waals surface area contributed by atoms with Crippen molar-refractivity contribution in [2.45, 2.75) is 45.7 Å². The summed E-state index contributed by atoms with van der Waals surface area (Å²) in [6.45, 7) is 7.05. The van der Waals surface area contributed by atoms with Gasteiger partial charge in [-0.3, -0.25) is 9.69 Å². The number of halogens is 1. The van der Waals surface area contributed by atoms with Gasteiger partial charge >= 0.3 is 6.03 Å². The summed E-state index contributed by atoms with van der Waals surface area (Å²) in [4.78, 5) is 33.3. The molecule has 1 aromatic heterocycles. The summed E-state index contributed by atoms with van der Waals surface area (Å²) in [7, 11) is 0. The minimum Gasteiger partial charge on any atom is -0.322 e. The Hall–Kier alpha value is -2.83. The van der Waals surface area contributed by atoms with Gasteiger partial charge in [-0.1, -0.05) is 37.6 Å². The standard InChI is InChI=1S/C26H31ClN4O2/c1-3-18-10-11-24-19(13-18)14-20(25(32)29-24)16-31(17-23-9-6-12-30(23)4-2)26(33)28-22-8-5-7-21(27)15-22/h5,7-8,10-11,13-15,23H,3-4,6,9,12,16-17H2,1-2H3,(H,28,33)(H,29,32). The van der Waals surface area contributed by atoms with E-state index in [9.17, 15) is 9.59 Å². The summed E-state index contributed by atoms with van der Waals surface area (Å²) in [5.41, 5.74) is 3.07. The number of carbonyl (C=O) groups excluding carboxylic acids is 1. The highest BCUT2D eigenvalue weighted by Gasteiger charge is 2.28. The maximum atomic E-state index is 13.3. The third-order valence-electron chi connectivity index (χ3n) is 6.45. The topological polar surface area (TPSA) is 68.4 Å². The molecule has 0 radical (unpaired) electrons. The number of likely N-dealkylation sites (tertiary alicyclic amines) is 1. The molecule has 1 fully saturated rings. The van der Waals surface area contributed by atoms with E-state index in [2.05, 4.69) is 35.1 Å². The van der Waals surface area contributed by atoms with Crippen molar-refractivity contribution in [2.24, 2.45) is 0 Å². The van der Waals surface area contributed by atoms with Gasteiger partial charge in [0.1, 0.15) is 0 Å². The summed E-state index contributed by atoms with van der Waals surface area (Å²) in [5.74, 6) is 0. The number of carbonyl (C=O) groups is 1. The molecule has 1 saturated heterocycles. The number of H-pyrrole nitrogens is 1. The van der Waals surface area contributed by atoms with Crippen molar-refractivity contribution < 1.29 is 4.79 Å². The van der Waals surface area contributed by atoms with Crippen molar-refractivity contribution in [3.8, 4) is 0 Å². The third kappa shape index (κ3) is 5.57. The van der Waals surface area contributed by atoms with E-state index in [-0.39, 0.29) is 24.2 Å². The van der Waals surface area contributed by atoms with E-state index >= 15 is 0 Å². The first kappa shape index (κ1) is 23.3. The van der Waals surface area contributed by atoms with Crippen LogP contribution in [-0.4, -0.2) is 46.5 Å². The maximum absolute atomic E-state index is 13.3. The Bertz CT molecular complexity index is 1190. The molecule has 0 saturated carbocycles. The molecule has 2 heterocycles. The van der Waals surface area contributed by atoms with E-state index in [1.807, 2.05) is 24.3 Å². The summed E-state index contributed by atoms with van der Waals surface area (Å²) >= 11 is 6.10. The largest absolute Gasteiger partial charge is 0.322 e. The number of nitrogens with one attached hydrogen (secondary N) is 2. The van der Waals surface area contributed by atoms with E-state index < -0.39 is 0 Å². The van der Waals surface area contributed by atoms with Crippen LogP contribution in [0.15, 0.2) is 53.3 Å². The lowest BCUT2D eigenvalue weighted by atomic mass is 10.1. The number of likely N-dealkylation sites (N-methyl/N-ethyl adjacent to an activating group) is 1. The molecule has 2 amide bonds. The van der Waals surface area contributed by atoms with Gasteiger partial charge in [0.05, 0.1) is 6.54 Å². The second kappa shape index (κ2) is 10.4. The van der Waals surface area contributed by atoms with Gasteiger partial charge < -0.3 is 15.2 Å². The molecule has 7 heteroatoms. The van der Waals surface area contributed by atoms with Crippen molar-refractivity contribution in [2.75, 3.05) is 25.0 Å². The number of fused-ring (bicyclic) bond motifs is 1. The first-order valence-corrected chi connectivity index (χ1v) is 12.0. The average Bonchev–Trinajstić information content (AvgIpc) is 3.26. The van der Waals surface area contributed by atoms with Gasteiger partial charge in [-0.05, 0) is 79.7 Å². The fourth-order valence-corrected chi connectivity index (χ4v) is 4.80.